The number of allylic oxidation sites excluding steroid dienone is 1. The molecule has 1 spiro atoms. The summed E-state index contributed by atoms with van der Waals surface area (Å²) in [6, 6.07) is 8.06. The highest BCUT2D eigenvalue weighted by Crippen LogP contribution is 2.67. The fourth-order valence-corrected chi connectivity index (χ4v) is 3.69. The van der Waals surface area contributed by atoms with E-state index in [1.807, 2.05) is 12.1 Å². The van der Waals surface area contributed by atoms with Crippen molar-refractivity contribution in [3.63, 3.8) is 0 Å². The lowest BCUT2D eigenvalue weighted by Crippen LogP contribution is -2.18. The van der Waals surface area contributed by atoms with Gasteiger partial charge in [0.2, 0.25) is 0 Å². The Kier molecular flexibility index (Phi) is 2.47. The van der Waals surface area contributed by atoms with Crippen LogP contribution in [0.3, 0.4) is 0 Å². The lowest BCUT2D eigenvalue weighted by molar-refractivity contribution is -0.116. The largest absolute Gasteiger partial charge is 0.497 e. The van der Waals surface area contributed by atoms with Gasteiger partial charge in [-0.2, -0.15) is 0 Å². The number of benzene rings is 1. The smallest absolute Gasteiger partial charge is 0.162 e. The van der Waals surface area contributed by atoms with E-state index in [2.05, 4.69) is 12.1 Å². The van der Waals surface area contributed by atoms with E-state index in [4.69, 9.17) is 9.47 Å². The summed E-state index contributed by atoms with van der Waals surface area (Å²) in [6.45, 7) is 0. The van der Waals surface area contributed by atoms with Gasteiger partial charge in [-0.15, -0.1) is 0 Å². The van der Waals surface area contributed by atoms with Gasteiger partial charge in [0.1, 0.15) is 17.6 Å². The van der Waals surface area contributed by atoms with Crippen LogP contribution in [0.2, 0.25) is 0 Å². The highest BCUT2D eigenvalue weighted by Gasteiger charge is 2.61. The van der Waals surface area contributed by atoms with Crippen molar-refractivity contribution in [1.82, 2.24) is 0 Å². The van der Waals surface area contributed by atoms with Crippen molar-refractivity contribution in [1.29, 1.82) is 0 Å². The Hall–Kier alpha value is -1.77. The van der Waals surface area contributed by atoms with E-state index in [-0.39, 0.29) is 11.5 Å². The highest BCUT2D eigenvalue weighted by molar-refractivity contribution is 5.99. The molecule has 1 atom stereocenters. The maximum absolute atomic E-state index is 12.3. The van der Waals surface area contributed by atoms with Crippen molar-refractivity contribution in [3.8, 4) is 5.75 Å². The number of rotatable bonds is 2. The molecule has 0 amide bonds. The van der Waals surface area contributed by atoms with Crippen molar-refractivity contribution < 1.29 is 14.3 Å². The Morgan fingerprint density at radius 2 is 1.95 bits per heavy atom. The van der Waals surface area contributed by atoms with Gasteiger partial charge in [0.15, 0.2) is 5.78 Å². The van der Waals surface area contributed by atoms with Crippen LogP contribution in [-0.4, -0.2) is 12.9 Å². The predicted octanol–water partition coefficient (Wildman–Crippen LogP) is 3.55. The molecule has 1 aliphatic heterocycles. The molecule has 1 aromatic rings. The van der Waals surface area contributed by atoms with Gasteiger partial charge in [0.05, 0.1) is 7.11 Å². The Morgan fingerprint density at radius 3 is 2.60 bits per heavy atom. The number of Topliss-reactive ketones (excluding diaryl/α,β-unsaturated/α-hetero) is 1. The molecular weight excluding hydrogens is 252 g/mol. The lowest BCUT2D eigenvalue weighted by Gasteiger charge is -2.20. The Balaban J connectivity index is 1.70. The summed E-state index contributed by atoms with van der Waals surface area (Å²) in [5, 5.41) is 0. The molecule has 1 heterocycles. The number of hydrogen-bond donors (Lipinski definition) is 0. The van der Waals surface area contributed by atoms with Crippen molar-refractivity contribution >= 4 is 5.78 Å². The van der Waals surface area contributed by atoms with Crippen molar-refractivity contribution in [2.75, 3.05) is 7.11 Å². The summed E-state index contributed by atoms with van der Waals surface area (Å²) in [7, 11) is 1.67. The van der Waals surface area contributed by atoms with Gasteiger partial charge in [0.25, 0.3) is 0 Å². The second-order valence-electron chi connectivity index (χ2n) is 6.00. The van der Waals surface area contributed by atoms with Gasteiger partial charge >= 0.3 is 0 Å². The fraction of sp³-hybridized carbons (Fsp3) is 0.471. The predicted molar refractivity (Wildman–Crippen MR) is 74.4 cm³/mol. The van der Waals surface area contributed by atoms with Crippen LogP contribution in [0.15, 0.2) is 35.6 Å². The van der Waals surface area contributed by atoms with E-state index >= 15 is 0 Å². The average molecular weight is 270 g/mol. The third kappa shape index (κ3) is 1.55. The van der Waals surface area contributed by atoms with Gasteiger partial charge < -0.3 is 9.47 Å². The summed E-state index contributed by atoms with van der Waals surface area (Å²) in [6.07, 6.45) is 4.74. The molecule has 1 aromatic carbocycles. The average Bonchev–Trinajstić information content (AvgIpc) is 3.18. The van der Waals surface area contributed by atoms with Crippen LogP contribution in [0.4, 0.5) is 0 Å². The minimum absolute atomic E-state index is 0.0125. The summed E-state index contributed by atoms with van der Waals surface area (Å²) >= 11 is 0. The maximum atomic E-state index is 12.3. The van der Waals surface area contributed by atoms with Crippen LogP contribution < -0.4 is 4.74 Å². The lowest BCUT2D eigenvalue weighted by atomic mass is 9.81. The van der Waals surface area contributed by atoms with Crippen molar-refractivity contribution in [2.45, 2.75) is 38.2 Å². The van der Waals surface area contributed by atoms with Crippen LogP contribution in [0.25, 0.3) is 0 Å². The van der Waals surface area contributed by atoms with Crippen LogP contribution in [-0.2, 0) is 9.53 Å². The Bertz CT molecular complexity index is 593. The fourth-order valence-electron chi connectivity index (χ4n) is 3.69. The number of carbonyl (C=O) groups is 1. The number of ketones is 1. The minimum Gasteiger partial charge on any atom is -0.497 e. The first-order valence-corrected chi connectivity index (χ1v) is 7.32. The molecule has 0 radical (unpaired) electrons. The molecule has 3 nitrogen and oxygen atoms in total. The molecule has 4 rings (SSSR count). The van der Waals surface area contributed by atoms with Gasteiger partial charge in [-0.05, 0) is 37.0 Å². The highest BCUT2D eigenvalue weighted by atomic mass is 16.5. The zero-order valence-electron chi connectivity index (χ0n) is 11.6. The molecule has 1 saturated carbocycles. The zero-order valence-corrected chi connectivity index (χ0v) is 11.6. The van der Waals surface area contributed by atoms with Crippen LogP contribution in [0.1, 0.15) is 43.8 Å². The molecule has 0 saturated heterocycles. The standard InChI is InChI=1S/C17H18O3/c1-19-12-7-5-11(6-8-12)16-17(9-10-17)15-13(18)3-2-4-14(15)20-16/h5-8,16H,2-4,9-10H2,1H3. The number of methoxy groups -OCH3 is 1. The van der Waals surface area contributed by atoms with Crippen LogP contribution in [0, 0.1) is 5.41 Å². The van der Waals surface area contributed by atoms with Gasteiger partial charge in [-0.3, -0.25) is 4.79 Å². The van der Waals surface area contributed by atoms with E-state index in [1.165, 1.54) is 0 Å². The summed E-state index contributed by atoms with van der Waals surface area (Å²) in [5.41, 5.74) is 2.16. The summed E-state index contributed by atoms with van der Waals surface area (Å²) < 4.78 is 11.4. The number of carbonyl (C=O) groups excluding carboxylic acids is 1. The third-order valence-electron chi connectivity index (χ3n) is 4.83. The molecule has 2 aliphatic carbocycles. The second kappa shape index (κ2) is 4.11. The molecule has 0 aromatic heterocycles. The van der Waals surface area contributed by atoms with E-state index in [1.54, 1.807) is 7.11 Å². The number of hydrogen-bond acceptors (Lipinski definition) is 3. The normalized spacial score (nSPS) is 26.4. The van der Waals surface area contributed by atoms with Crippen molar-refractivity contribution in [2.24, 2.45) is 5.41 Å². The monoisotopic (exact) mass is 270 g/mol. The quantitative estimate of drug-likeness (QED) is 0.824. The number of fused-ring (bicyclic) bond motifs is 1. The molecule has 0 N–H and O–H groups in total. The van der Waals surface area contributed by atoms with E-state index in [0.29, 0.717) is 12.2 Å². The molecular formula is C17H18O3. The maximum Gasteiger partial charge on any atom is 0.162 e. The van der Waals surface area contributed by atoms with Crippen molar-refractivity contribution in [3.05, 3.63) is 41.2 Å². The zero-order chi connectivity index (χ0) is 13.7. The minimum atomic E-state index is -0.0125. The number of ether oxygens (including phenoxy) is 2. The Labute approximate surface area is 118 Å². The van der Waals surface area contributed by atoms with Gasteiger partial charge in [0, 0.05) is 23.8 Å². The second-order valence-corrected chi connectivity index (χ2v) is 6.00. The molecule has 20 heavy (non-hydrogen) atoms. The summed E-state index contributed by atoms with van der Waals surface area (Å²) in [4.78, 5) is 12.3. The Morgan fingerprint density at radius 1 is 1.20 bits per heavy atom. The van der Waals surface area contributed by atoms with Gasteiger partial charge in [-0.25, -0.2) is 0 Å². The van der Waals surface area contributed by atoms with E-state index in [0.717, 1.165) is 48.3 Å². The van der Waals surface area contributed by atoms with E-state index in [9.17, 15) is 4.79 Å². The van der Waals surface area contributed by atoms with Crippen LogP contribution in [0.5, 0.6) is 5.75 Å². The molecule has 0 bridgehead atoms. The first kappa shape index (κ1) is 12.0. The first-order valence-electron chi connectivity index (χ1n) is 7.32. The molecule has 1 fully saturated rings. The van der Waals surface area contributed by atoms with E-state index < -0.39 is 0 Å². The third-order valence-corrected chi connectivity index (χ3v) is 4.83. The van der Waals surface area contributed by atoms with Crippen LogP contribution >= 0.6 is 0 Å². The molecule has 1 unspecified atom stereocenters. The SMILES string of the molecule is COc1ccc(C2OC3=C(C(=O)CCC3)C23CC3)cc1. The molecule has 3 aliphatic rings. The van der Waals surface area contributed by atoms with Gasteiger partial charge in [-0.1, -0.05) is 12.1 Å². The molecule has 3 heteroatoms. The topological polar surface area (TPSA) is 35.5 Å². The first-order chi connectivity index (χ1) is 9.74. The summed E-state index contributed by atoms with van der Waals surface area (Å²) in [5.74, 6) is 2.14. The molecule has 104 valence electrons.